The Labute approximate surface area is 170 Å². The van der Waals surface area contributed by atoms with Gasteiger partial charge in [-0.15, -0.1) is 0 Å². The molecule has 0 atom stereocenters. The summed E-state index contributed by atoms with van der Waals surface area (Å²) in [6.07, 6.45) is 0. The molecule has 0 radical (unpaired) electrons. The molecule has 2 heteroatoms. The zero-order valence-electron chi connectivity index (χ0n) is 16.2. The standard InChI is InChI=1S/C27H20N2/c1-19-8-7-11-23(18-19)26-24-12-5-6-13-25(24)28-27(29-26)22-16-14-21(15-17-22)20-9-3-2-4-10-20/h2-18H,1H3. The van der Waals surface area contributed by atoms with E-state index in [0.717, 1.165) is 33.5 Å². The highest BCUT2D eigenvalue weighted by Gasteiger charge is 2.11. The molecule has 0 aliphatic carbocycles. The fourth-order valence-corrected chi connectivity index (χ4v) is 3.66. The highest BCUT2D eigenvalue weighted by Crippen LogP contribution is 2.30. The van der Waals surface area contributed by atoms with E-state index in [0.29, 0.717) is 0 Å². The van der Waals surface area contributed by atoms with Crippen LogP contribution in [-0.2, 0) is 0 Å². The molecule has 0 unspecified atom stereocenters. The van der Waals surface area contributed by atoms with Crippen LogP contribution in [0, 0.1) is 6.92 Å². The molecule has 0 fully saturated rings. The Morgan fingerprint density at radius 2 is 1.17 bits per heavy atom. The summed E-state index contributed by atoms with van der Waals surface area (Å²) in [7, 11) is 0. The van der Waals surface area contributed by atoms with Crippen LogP contribution >= 0.6 is 0 Å². The molecule has 0 amide bonds. The van der Waals surface area contributed by atoms with E-state index in [1.807, 2.05) is 18.2 Å². The van der Waals surface area contributed by atoms with Gasteiger partial charge in [0.1, 0.15) is 0 Å². The van der Waals surface area contributed by atoms with Crippen molar-refractivity contribution in [3.05, 3.63) is 109 Å². The highest BCUT2D eigenvalue weighted by atomic mass is 14.9. The topological polar surface area (TPSA) is 25.8 Å². The van der Waals surface area contributed by atoms with Crippen molar-refractivity contribution in [3.63, 3.8) is 0 Å². The predicted octanol–water partition coefficient (Wildman–Crippen LogP) is 6.94. The summed E-state index contributed by atoms with van der Waals surface area (Å²) < 4.78 is 0. The smallest absolute Gasteiger partial charge is 0.160 e. The van der Waals surface area contributed by atoms with Gasteiger partial charge >= 0.3 is 0 Å². The van der Waals surface area contributed by atoms with Crippen LogP contribution in [0.4, 0.5) is 0 Å². The van der Waals surface area contributed by atoms with Crippen molar-refractivity contribution in [1.82, 2.24) is 9.97 Å². The molecule has 1 aromatic heterocycles. The number of nitrogens with zero attached hydrogens (tertiary/aromatic N) is 2. The van der Waals surface area contributed by atoms with E-state index < -0.39 is 0 Å². The number of hydrogen-bond donors (Lipinski definition) is 0. The minimum Gasteiger partial charge on any atom is -0.228 e. The third-order valence-electron chi connectivity index (χ3n) is 5.14. The molecule has 0 bridgehead atoms. The Balaban J connectivity index is 1.64. The van der Waals surface area contributed by atoms with Gasteiger partial charge in [0.05, 0.1) is 11.2 Å². The first-order valence-corrected chi connectivity index (χ1v) is 9.78. The molecular weight excluding hydrogens is 352 g/mol. The highest BCUT2D eigenvalue weighted by molar-refractivity contribution is 5.93. The number of aryl methyl sites for hydroxylation is 1. The lowest BCUT2D eigenvalue weighted by molar-refractivity contribution is 1.23. The van der Waals surface area contributed by atoms with Crippen LogP contribution in [-0.4, -0.2) is 9.97 Å². The first-order chi connectivity index (χ1) is 14.3. The first kappa shape index (κ1) is 17.3. The SMILES string of the molecule is Cc1cccc(-c2nc(-c3ccc(-c4ccccc4)cc3)nc3ccccc23)c1. The van der Waals surface area contributed by atoms with Gasteiger partial charge < -0.3 is 0 Å². The van der Waals surface area contributed by atoms with Gasteiger partial charge in [0, 0.05) is 16.5 Å². The van der Waals surface area contributed by atoms with Crippen molar-refractivity contribution in [1.29, 1.82) is 0 Å². The van der Waals surface area contributed by atoms with Crippen molar-refractivity contribution in [3.8, 4) is 33.8 Å². The number of hydrogen-bond acceptors (Lipinski definition) is 2. The normalized spacial score (nSPS) is 10.9. The summed E-state index contributed by atoms with van der Waals surface area (Å²) in [4.78, 5) is 9.82. The minimum absolute atomic E-state index is 0.750. The maximum atomic E-state index is 4.97. The molecule has 0 saturated carbocycles. The summed E-state index contributed by atoms with van der Waals surface area (Å²) >= 11 is 0. The van der Waals surface area contributed by atoms with Gasteiger partial charge in [-0.05, 0) is 30.2 Å². The second-order valence-electron chi connectivity index (χ2n) is 7.23. The Morgan fingerprint density at radius 3 is 1.97 bits per heavy atom. The fraction of sp³-hybridized carbons (Fsp3) is 0.0370. The summed E-state index contributed by atoms with van der Waals surface area (Å²) in [5.74, 6) is 0.750. The average Bonchev–Trinajstić information content (AvgIpc) is 2.79. The van der Waals surface area contributed by atoms with Gasteiger partial charge in [0.15, 0.2) is 5.82 Å². The molecule has 0 aliphatic rings. The van der Waals surface area contributed by atoms with Gasteiger partial charge in [-0.2, -0.15) is 0 Å². The molecule has 0 N–H and O–H groups in total. The lowest BCUT2D eigenvalue weighted by Gasteiger charge is -2.10. The third kappa shape index (κ3) is 3.41. The molecule has 5 rings (SSSR count). The van der Waals surface area contributed by atoms with E-state index in [1.54, 1.807) is 0 Å². The van der Waals surface area contributed by atoms with E-state index in [4.69, 9.17) is 9.97 Å². The fourth-order valence-electron chi connectivity index (χ4n) is 3.66. The lowest BCUT2D eigenvalue weighted by atomic mass is 10.0. The van der Waals surface area contributed by atoms with Gasteiger partial charge in [0.2, 0.25) is 0 Å². The Kier molecular flexibility index (Phi) is 4.38. The Hall–Kier alpha value is -3.78. The van der Waals surface area contributed by atoms with Crippen molar-refractivity contribution in [2.45, 2.75) is 6.92 Å². The zero-order chi connectivity index (χ0) is 19.6. The largest absolute Gasteiger partial charge is 0.228 e. The quantitative estimate of drug-likeness (QED) is 0.343. The van der Waals surface area contributed by atoms with Crippen LogP contribution in [0.3, 0.4) is 0 Å². The van der Waals surface area contributed by atoms with E-state index in [9.17, 15) is 0 Å². The molecule has 29 heavy (non-hydrogen) atoms. The van der Waals surface area contributed by atoms with Gasteiger partial charge in [0.25, 0.3) is 0 Å². The van der Waals surface area contributed by atoms with Crippen molar-refractivity contribution in [2.24, 2.45) is 0 Å². The van der Waals surface area contributed by atoms with Crippen molar-refractivity contribution in [2.75, 3.05) is 0 Å². The van der Waals surface area contributed by atoms with Crippen LogP contribution in [0.25, 0.3) is 44.7 Å². The molecule has 138 valence electrons. The van der Waals surface area contributed by atoms with Crippen LogP contribution in [0.2, 0.25) is 0 Å². The summed E-state index contributed by atoms with van der Waals surface area (Å²) in [6.45, 7) is 2.11. The van der Waals surface area contributed by atoms with Crippen molar-refractivity contribution >= 4 is 10.9 Å². The molecule has 0 spiro atoms. The molecule has 2 nitrogen and oxygen atoms in total. The number of benzene rings is 4. The summed E-state index contributed by atoms with van der Waals surface area (Å²) in [5.41, 5.74) is 7.68. The Morgan fingerprint density at radius 1 is 0.517 bits per heavy atom. The maximum Gasteiger partial charge on any atom is 0.160 e. The maximum absolute atomic E-state index is 4.97. The average molecular weight is 372 g/mol. The third-order valence-corrected chi connectivity index (χ3v) is 5.14. The minimum atomic E-state index is 0.750. The van der Waals surface area contributed by atoms with Gasteiger partial charge in [-0.1, -0.05) is 96.6 Å². The van der Waals surface area contributed by atoms with E-state index in [-0.39, 0.29) is 0 Å². The van der Waals surface area contributed by atoms with Gasteiger partial charge in [-0.25, -0.2) is 9.97 Å². The van der Waals surface area contributed by atoms with Crippen LogP contribution in [0.15, 0.2) is 103 Å². The van der Waals surface area contributed by atoms with Gasteiger partial charge in [-0.3, -0.25) is 0 Å². The van der Waals surface area contributed by atoms with E-state index in [2.05, 4.69) is 91.9 Å². The summed E-state index contributed by atoms with van der Waals surface area (Å²) in [5, 5.41) is 1.07. The molecule has 0 saturated heterocycles. The number of aromatic nitrogens is 2. The number of rotatable bonds is 3. The van der Waals surface area contributed by atoms with Crippen LogP contribution in [0.5, 0.6) is 0 Å². The summed E-state index contributed by atoms with van der Waals surface area (Å²) in [6, 6.07) is 35.6. The first-order valence-electron chi connectivity index (χ1n) is 9.78. The monoisotopic (exact) mass is 372 g/mol. The molecule has 5 aromatic rings. The molecule has 0 aliphatic heterocycles. The van der Waals surface area contributed by atoms with Crippen molar-refractivity contribution < 1.29 is 0 Å². The number of para-hydroxylation sites is 1. The predicted molar refractivity (Wildman–Crippen MR) is 121 cm³/mol. The lowest BCUT2D eigenvalue weighted by Crippen LogP contribution is -1.95. The zero-order valence-corrected chi connectivity index (χ0v) is 16.2. The number of fused-ring (bicyclic) bond motifs is 1. The molecule has 1 heterocycles. The van der Waals surface area contributed by atoms with E-state index in [1.165, 1.54) is 16.7 Å². The second kappa shape index (κ2) is 7.33. The van der Waals surface area contributed by atoms with Crippen LogP contribution < -0.4 is 0 Å². The second-order valence-corrected chi connectivity index (χ2v) is 7.23. The van der Waals surface area contributed by atoms with Crippen LogP contribution in [0.1, 0.15) is 5.56 Å². The molecular formula is C27H20N2. The van der Waals surface area contributed by atoms with E-state index >= 15 is 0 Å². The Bertz CT molecular complexity index is 1290. The molecule has 4 aromatic carbocycles.